The fourth-order valence-corrected chi connectivity index (χ4v) is 4.12. The van der Waals surface area contributed by atoms with Crippen molar-refractivity contribution in [3.63, 3.8) is 0 Å². The van der Waals surface area contributed by atoms with Crippen LogP contribution in [0, 0.1) is 0 Å². The van der Waals surface area contributed by atoms with Crippen LogP contribution >= 0.6 is 23.2 Å². The molecule has 10 N–H and O–H groups in total. The number of hydrogen-bond donors (Lipinski definition) is 6. The maximum absolute atomic E-state index is 13.4. The molecular formula is C27H29Cl2N7O3. The van der Waals surface area contributed by atoms with E-state index in [1.807, 2.05) is 0 Å². The largest absolute Gasteiger partial charge is 0.370 e. The quantitative estimate of drug-likeness (QED) is 0.150. The number of amides is 3. The number of carbonyl (C=O) groups is 3. The van der Waals surface area contributed by atoms with Gasteiger partial charge in [-0.3, -0.25) is 14.4 Å². The average Bonchev–Trinajstić information content (AvgIpc) is 2.89. The molecule has 0 fully saturated rings. The average molecular weight is 570 g/mol. The molecule has 0 spiro atoms. The van der Waals surface area contributed by atoms with E-state index < -0.39 is 35.8 Å². The summed E-state index contributed by atoms with van der Waals surface area (Å²) in [4.78, 5) is 42.5. The normalized spacial score (nSPS) is 13.0. The van der Waals surface area contributed by atoms with E-state index in [9.17, 15) is 14.4 Å². The first-order chi connectivity index (χ1) is 18.5. The van der Waals surface area contributed by atoms with Crippen LogP contribution in [0.4, 0.5) is 5.69 Å². The van der Waals surface area contributed by atoms with Crippen LogP contribution in [0.2, 0.25) is 10.0 Å². The van der Waals surface area contributed by atoms with Gasteiger partial charge in [-0.15, -0.1) is 0 Å². The molecule has 0 saturated carbocycles. The van der Waals surface area contributed by atoms with Crippen LogP contribution in [-0.4, -0.2) is 35.8 Å². The number of primary amides is 1. The highest BCUT2D eigenvalue weighted by molar-refractivity contribution is 6.42. The maximum atomic E-state index is 13.4. The van der Waals surface area contributed by atoms with Gasteiger partial charge in [-0.1, -0.05) is 71.7 Å². The van der Waals surface area contributed by atoms with Crippen LogP contribution in [0.25, 0.3) is 0 Å². The van der Waals surface area contributed by atoms with Gasteiger partial charge >= 0.3 is 0 Å². The minimum Gasteiger partial charge on any atom is -0.370 e. The number of guanidine groups is 1. The molecular weight excluding hydrogens is 541 g/mol. The van der Waals surface area contributed by atoms with Gasteiger partial charge in [-0.2, -0.15) is 0 Å². The number of nitrogens with one attached hydrogen (secondary N) is 2. The van der Waals surface area contributed by atoms with Gasteiger partial charge in [-0.05, 0) is 47.4 Å². The molecule has 0 aromatic heterocycles. The smallest absolute Gasteiger partial charge is 0.244 e. The Kier molecular flexibility index (Phi) is 10.3. The van der Waals surface area contributed by atoms with Crippen molar-refractivity contribution in [1.29, 1.82) is 0 Å². The summed E-state index contributed by atoms with van der Waals surface area (Å²) in [5.74, 6) is -2.03. The first kappa shape index (κ1) is 29.4. The predicted octanol–water partition coefficient (Wildman–Crippen LogP) is 1.84. The van der Waals surface area contributed by atoms with Crippen molar-refractivity contribution in [2.45, 2.75) is 31.0 Å². The highest BCUT2D eigenvalue weighted by Crippen LogP contribution is 2.23. The van der Waals surface area contributed by atoms with Crippen molar-refractivity contribution < 1.29 is 14.4 Å². The van der Waals surface area contributed by atoms with Gasteiger partial charge in [-0.25, -0.2) is 4.99 Å². The van der Waals surface area contributed by atoms with Gasteiger partial charge in [0.2, 0.25) is 17.7 Å². The lowest BCUT2D eigenvalue weighted by Gasteiger charge is -2.24. The summed E-state index contributed by atoms with van der Waals surface area (Å²) < 4.78 is 0. The van der Waals surface area contributed by atoms with E-state index >= 15 is 0 Å². The first-order valence-electron chi connectivity index (χ1n) is 11.9. The molecule has 10 nitrogen and oxygen atoms in total. The summed E-state index contributed by atoms with van der Waals surface area (Å²) in [5, 5.41) is 5.96. The molecule has 0 aliphatic heterocycles. The number of hydrogen-bond acceptors (Lipinski definition) is 5. The van der Waals surface area contributed by atoms with Crippen LogP contribution in [0.15, 0.2) is 77.8 Å². The van der Waals surface area contributed by atoms with Crippen LogP contribution in [0.5, 0.6) is 0 Å². The third kappa shape index (κ3) is 8.71. The van der Waals surface area contributed by atoms with E-state index in [-0.39, 0.29) is 18.8 Å². The number of nitrogens with two attached hydrogens (primary N) is 4. The zero-order valence-corrected chi connectivity index (χ0v) is 22.3. The van der Waals surface area contributed by atoms with Crippen molar-refractivity contribution in [2.75, 3.05) is 0 Å². The molecule has 3 aromatic rings. The van der Waals surface area contributed by atoms with Crippen LogP contribution < -0.4 is 33.6 Å². The minimum absolute atomic E-state index is 0.0503. The molecule has 0 unspecified atom stereocenters. The van der Waals surface area contributed by atoms with Gasteiger partial charge < -0.3 is 33.6 Å². The molecule has 3 rings (SSSR count). The number of rotatable bonds is 11. The third-order valence-corrected chi connectivity index (χ3v) is 6.49. The van der Waals surface area contributed by atoms with Crippen molar-refractivity contribution in [3.8, 4) is 0 Å². The maximum Gasteiger partial charge on any atom is 0.244 e. The number of carbonyl (C=O) groups excluding carboxylic acids is 3. The fourth-order valence-electron chi connectivity index (χ4n) is 3.80. The Morgan fingerprint density at radius 3 is 2.00 bits per heavy atom. The summed E-state index contributed by atoms with van der Waals surface area (Å²) in [5.41, 5.74) is 24.9. The standard InChI is InChI=1S/C27H29Cl2N7O3/c28-19-11-8-16(12-20(19)29)14-22(26(39)36-23(24(31)37)17-4-2-1-3-5-17)35-25(38)21(30)13-15-6-9-18(10-7-15)34-27(32)33/h1-12,21-23H,13-14,30H2,(H2,31,37)(H,35,38)(H,36,39)(H4,32,33,34)/t21-,22-,23-/m0/s1. The molecule has 3 amide bonds. The zero-order valence-electron chi connectivity index (χ0n) is 20.8. The molecule has 0 heterocycles. The van der Waals surface area contributed by atoms with Gasteiger partial charge in [0.25, 0.3) is 0 Å². The van der Waals surface area contributed by atoms with Gasteiger partial charge in [0.1, 0.15) is 12.1 Å². The lowest BCUT2D eigenvalue weighted by Crippen LogP contribution is -2.54. The predicted molar refractivity (Wildman–Crippen MR) is 152 cm³/mol. The van der Waals surface area contributed by atoms with E-state index in [0.29, 0.717) is 26.9 Å². The Labute approximate surface area is 235 Å². The molecule has 0 radical (unpaired) electrons. The highest BCUT2D eigenvalue weighted by Gasteiger charge is 2.28. The van der Waals surface area contributed by atoms with Gasteiger partial charge in [0.15, 0.2) is 5.96 Å². The Morgan fingerprint density at radius 2 is 1.41 bits per heavy atom. The monoisotopic (exact) mass is 569 g/mol. The topological polar surface area (TPSA) is 192 Å². The lowest BCUT2D eigenvalue weighted by molar-refractivity contribution is -0.131. The summed E-state index contributed by atoms with van der Waals surface area (Å²) in [6, 6.07) is 17.1. The van der Waals surface area contributed by atoms with Gasteiger partial charge in [0.05, 0.1) is 21.8 Å². The SMILES string of the molecule is NC(=O)[C@@H](NC(=O)[C@H](Cc1ccc(Cl)c(Cl)c1)NC(=O)[C@@H](N)Cc1ccc(N=C(N)N)cc1)c1ccccc1. The molecule has 3 aromatic carbocycles. The lowest BCUT2D eigenvalue weighted by atomic mass is 10.0. The Balaban J connectivity index is 1.78. The van der Waals surface area contributed by atoms with Crippen LogP contribution in [-0.2, 0) is 27.2 Å². The zero-order chi connectivity index (χ0) is 28.5. The molecule has 39 heavy (non-hydrogen) atoms. The van der Waals surface area contributed by atoms with Crippen LogP contribution in [0.1, 0.15) is 22.7 Å². The second-order valence-corrected chi connectivity index (χ2v) is 9.60. The molecule has 204 valence electrons. The van der Waals surface area contributed by atoms with E-state index in [1.54, 1.807) is 72.8 Å². The molecule has 12 heteroatoms. The summed E-state index contributed by atoms with van der Waals surface area (Å²) >= 11 is 12.2. The van der Waals surface area contributed by atoms with Crippen molar-refractivity contribution in [1.82, 2.24) is 10.6 Å². The van der Waals surface area contributed by atoms with Crippen molar-refractivity contribution in [3.05, 3.63) is 99.5 Å². The second kappa shape index (κ2) is 13.6. The van der Waals surface area contributed by atoms with E-state index in [4.69, 9.17) is 46.1 Å². The Morgan fingerprint density at radius 1 is 0.769 bits per heavy atom. The van der Waals surface area contributed by atoms with E-state index in [0.717, 1.165) is 5.56 Å². The van der Waals surface area contributed by atoms with E-state index in [1.165, 1.54) is 0 Å². The highest BCUT2D eigenvalue weighted by atomic mass is 35.5. The summed E-state index contributed by atoms with van der Waals surface area (Å²) in [6.07, 6.45) is 0.234. The van der Waals surface area contributed by atoms with Crippen LogP contribution in [0.3, 0.4) is 0 Å². The molecule has 0 bridgehead atoms. The Bertz CT molecular complexity index is 1350. The third-order valence-electron chi connectivity index (χ3n) is 5.75. The first-order valence-corrected chi connectivity index (χ1v) is 12.6. The minimum atomic E-state index is -1.11. The molecule has 3 atom stereocenters. The number of benzene rings is 3. The molecule has 0 aliphatic carbocycles. The second-order valence-electron chi connectivity index (χ2n) is 8.78. The Hall–Kier alpha value is -4.12. The molecule has 0 saturated heterocycles. The fraction of sp³-hybridized carbons (Fsp3) is 0.185. The van der Waals surface area contributed by atoms with Crippen molar-refractivity contribution >= 4 is 52.6 Å². The summed E-state index contributed by atoms with van der Waals surface area (Å²) in [7, 11) is 0. The summed E-state index contributed by atoms with van der Waals surface area (Å²) in [6.45, 7) is 0. The van der Waals surface area contributed by atoms with Gasteiger partial charge in [0, 0.05) is 6.42 Å². The van der Waals surface area contributed by atoms with E-state index in [2.05, 4.69) is 15.6 Å². The van der Waals surface area contributed by atoms with Crippen molar-refractivity contribution in [2.24, 2.45) is 27.9 Å². The molecule has 0 aliphatic rings. The number of aliphatic imine (C=N–C) groups is 1. The number of halogens is 2. The number of nitrogens with zero attached hydrogens (tertiary/aromatic N) is 1.